The molecule has 0 radical (unpaired) electrons. The summed E-state index contributed by atoms with van der Waals surface area (Å²) >= 11 is 0. The van der Waals surface area contributed by atoms with Crippen LogP contribution < -0.4 is 0 Å². The molecule has 1 aromatic heterocycles. The van der Waals surface area contributed by atoms with Crippen molar-refractivity contribution >= 4 is 26.6 Å². The number of hydrogen-bond donors (Lipinski definition) is 1. The minimum absolute atomic E-state index is 0.0219. The van der Waals surface area contributed by atoms with E-state index in [4.69, 9.17) is 0 Å². The molecule has 2 heterocycles. The van der Waals surface area contributed by atoms with Crippen molar-refractivity contribution in [3.63, 3.8) is 0 Å². The van der Waals surface area contributed by atoms with Gasteiger partial charge < -0.3 is 4.90 Å². The van der Waals surface area contributed by atoms with Crippen LogP contribution >= 0.6 is 0 Å². The lowest BCUT2D eigenvalue weighted by molar-refractivity contribution is 0.0654. The van der Waals surface area contributed by atoms with Gasteiger partial charge in [0, 0.05) is 18.5 Å². The largest absolute Gasteiger partial charge is 0.334 e. The van der Waals surface area contributed by atoms with Crippen molar-refractivity contribution in [3.05, 3.63) is 59.8 Å². The fraction of sp³-hybridized carbons (Fsp3) is 0.176. The first-order valence-corrected chi connectivity index (χ1v) is 9.33. The molecule has 1 fully saturated rings. The molecule has 26 heavy (non-hydrogen) atoms. The number of nitrogens with zero attached hydrogens (tertiary/aromatic N) is 2. The second-order valence-corrected chi connectivity index (χ2v) is 8.32. The first-order valence-electron chi connectivity index (χ1n) is 7.78. The van der Waals surface area contributed by atoms with E-state index in [2.05, 4.69) is 10.2 Å². The van der Waals surface area contributed by atoms with Crippen LogP contribution in [0.15, 0.2) is 47.4 Å². The van der Waals surface area contributed by atoms with E-state index < -0.39 is 32.6 Å². The van der Waals surface area contributed by atoms with Crippen molar-refractivity contribution in [2.75, 3.05) is 13.1 Å². The molecule has 0 aliphatic carbocycles. The number of amides is 1. The predicted molar refractivity (Wildman–Crippen MR) is 89.3 cm³/mol. The van der Waals surface area contributed by atoms with Gasteiger partial charge in [0.1, 0.15) is 16.9 Å². The number of benzene rings is 2. The van der Waals surface area contributed by atoms with Gasteiger partial charge in [-0.25, -0.2) is 17.2 Å². The van der Waals surface area contributed by atoms with Gasteiger partial charge in [-0.1, -0.05) is 0 Å². The van der Waals surface area contributed by atoms with Crippen molar-refractivity contribution in [1.29, 1.82) is 0 Å². The van der Waals surface area contributed by atoms with Crippen LogP contribution in [0.25, 0.3) is 10.9 Å². The molecule has 9 heteroatoms. The van der Waals surface area contributed by atoms with Crippen molar-refractivity contribution in [2.45, 2.75) is 10.1 Å². The zero-order valence-electron chi connectivity index (χ0n) is 13.3. The normalized spacial score (nSPS) is 15.2. The second-order valence-electron chi connectivity index (χ2n) is 6.09. The summed E-state index contributed by atoms with van der Waals surface area (Å²) in [5.41, 5.74) is 0.516. The monoisotopic (exact) mass is 377 g/mol. The second kappa shape index (κ2) is 5.87. The molecular formula is C17H13F2N3O3S. The maximum absolute atomic E-state index is 13.2. The van der Waals surface area contributed by atoms with E-state index in [0.717, 1.165) is 12.1 Å². The number of nitrogens with one attached hydrogen (secondary N) is 1. The Kier molecular flexibility index (Phi) is 3.76. The molecule has 0 saturated carbocycles. The predicted octanol–water partition coefficient (Wildman–Crippen LogP) is 2.14. The molecule has 0 unspecified atom stereocenters. The Hall–Kier alpha value is -2.81. The summed E-state index contributed by atoms with van der Waals surface area (Å²) in [5, 5.41) is 6.24. The Morgan fingerprint density at radius 3 is 2.42 bits per heavy atom. The lowest BCUT2D eigenvalue weighted by Gasteiger charge is -2.38. The summed E-state index contributed by atoms with van der Waals surface area (Å²) in [6, 6.07) is 8.51. The average molecular weight is 377 g/mol. The molecule has 0 bridgehead atoms. The van der Waals surface area contributed by atoms with Gasteiger partial charge in [-0.05, 0) is 42.5 Å². The summed E-state index contributed by atoms with van der Waals surface area (Å²) < 4.78 is 51.2. The number of carbonyl (C=O) groups excluding carboxylic acids is 1. The van der Waals surface area contributed by atoms with E-state index in [0.29, 0.717) is 10.9 Å². The van der Waals surface area contributed by atoms with Gasteiger partial charge in [-0.15, -0.1) is 0 Å². The van der Waals surface area contributed by atoms with Crippen LogP contribution in [0.1, 0.15) is 10.5 Å². The number of halogens is 2. The number of carbonyl (C=O) groups is 1. The van der Waals surface area contributed by atoms with Gasteiger partial charge in [0.25, 0.3) is 5.91 Å². The summed E-state index contributed by atoms with van der Waals surface area (Å²) in [6.45, 7) is 0.0438. The zero-order chi connectivity index (χ0) is 18.5. The van der Waals surface area contributed by atoms with Crippen LogP contribution in [0.3, 0.4) is 0 Å². The molecule has 1 saturated heterocycles. The highest BCUT2D eigenvalue weighted by Gasteiger charge is 2.41. The van der Waals surface area contributed by atoms with Gasteiger partial charge in [-0.2, -0.15) is 5.10 Å². The fourth-order valence-corrected chi connectivity index (χ4v) is 4.57. The van der Waals surface area contributed by atoms with Gasteiger partial charge in [0.15, 0.2) is 15.5 Å². The Balaban J connectivity index is 1.52. The van der Waals surface area contributed by atoms with Gasteiger partial charge in [-0.3, -0.25) is 9.89 Å². The third kappa shape index (κ3) is 2.64. The first-order chi connectivity index (χ1) is 12.4. The Labute approximate surface area is 147 Å². The molecule has 0 spiro atoms. The van der Waals surface area contributed by atoms with E-state index in [1.165, 1.54) is 35.2 Å². The van der Waals surface area contributed by atoms with Gasteiger partial charge in [0.05, 0.1) is 10.4 Å². The molecule has 4 rings (SSSR count). The number of fused-ring (bicyclic) bond motifs is 1. The van der Waals surface area contributed by atoms with Crippen molar-refractivity contribution in [3.8, 4) is 0 Å². The number of H-pyrrole nitrogens is 1. The summed E-state index contributed by atoms with van der Waals surface area (Å²) in [4.78, 5) is 13.9. The standard InChI is InChI=1S/C17H13F2N3O3S/c18-10-1-4-12(5-2-10)26(24,25)13-8-22(9-13)17(23)16-14-6-3-11(19)7-15(14)20-21-16/h1-7,13H,8-9H2,(H,20,21). The minimum Gasteiger partial charge on any atom is -0.334 e. The molecule has 1 aliphatic heterocycles. The van der Waals surface area contributed by atoms with Crippen LogP contribution in [0.5, 0.6) is 0 Å². The quantitative estimate of drug-likeness (QED) is 0.709. The van der Waals surface area contributed by atoms with E-state index in [-0.39, 0.29) is 23.7 Å². The lowest BCUT2D eigenvalue weighted by atomic mass is 10.1. The molecule has 134 valence electrons. The van der Waals surface area contributed by atoms with Gasteiger partial charge >= 0.3 is 0 Å². The highest BCUT2D eigenvalue weighted by molar-refractivity contribution is 7.92. The number of rotatable bonds is 3. The highest BCUT2D eigenvalue weighted by Crippen LogP contribution is 2.26. The maximum Gasteiger partial charge on any atom is 0.275 e. The number of likely N-dealkylation sites (tertiary alicyclic amines) is 1. The smallest absolute Gasteiger partial charge is 0.275 e. The summed E-state index contributed by atoms with van der Waals surface area (Å²) in [5.74, 6) is -1.39. The summed E-state index contributed by atoms with van der Waals surface area (Å²) in [7, 11) is -3.64. The van der Waals surface area contributed by atoms with Crippen LogP contribution in [-0.2, 0) is 9.84 Å². The molecule has 6 nitrogen and oxygen atoms in total. The number of aromatic nitrogens is 2. The zero-order valence-corrected chi connectivity index (χ0v) is 14.1. The fourth-order valence-electron chi connectivity index (χ4n) is 2.92. The van der Waals surface area contributed by atoms with Crippen LogP contribution in [-0.4, -0.2) is 47.8 Å². The lowest BCUT2D eigenvalue weighted by Crippen LogP contribution is -2.56. The van der Waals surface area contributed by atoms with E-state index in [1.807, 2.05) is 0 Å². The summed E-state index contributed by atoms with van der Waals surface area (Å²) in [6.07, 6.45) is 0. The third-order valence-corrected chi connectivity index (χ3v) is 6.55. The molecule has 3 aromatic rings. The van der Waals surface area contributed by atoms with Crippen LogP contribution in [0.2, 0.25) is 0 Å². The van der Waals surface area contributed by atoms with E-state index in [9.17, 15) is 22.0 Å². The Morgan fingerprint density at radius 2 is 1.73 bits per heavy atom. The highest BCUT2D eigenvalue weighted by atomic mass is 32.2. The average Bonchev–Trinajstić information content (AvgIpc) is 2.96. The van der Waals surface area contributed by atoms with Crippen molar-refractivity contribution < 1.29 is 22.0 Å². The molecule has 2 aromatic carbocycles. The molecule has 1 N–H and O–H groups in total. The number of hydrogen-bond acceptors (Lipinski definition) is 4. The van der Waals surface area contributed by atoms with E-state index in [1.54, 1.807) is 0 Å². The molecular weight excluding hydrogens is 364 g/mol. The molecule has 1 amide bonds. The third-order valence-electron chi connectivity index (χ3n) is 4.44. The van der Waals surface area contributed by atoms with Crippen molar-refractivity contribution in [1.82, 2.24) is 15.1 Å². The number of aromatic amines is 1. The van der Waals surface area contributed by atoms with E-state index >= 15 is 0 Å². The SMILES string of the molecule is O=C(c1n[nH]c2cc(F)ccc12)N1CC(S(=O)(=O)c2ccc(F)cc2)C1. The Bertz CT molecular complexity index is 1100. The topological polar surface area (TPSA) is 83.1 Å². The maximum atomic E-state index is 13.2. The Morgan fingerprint density at radius 1 is 1.08 bits per heavy atom. The molecule has 1 aliphatic rings. The van der Waals surface area contributed by atoms with Crippen LogP contribution in [0.4, 0.5) is 8.78 Å². The molecule has 0 atom stereocenters. The number of sulfone groups is 1. The van der Waals surface area contributed by atoms with Crippen LogP contribution in [0, 0.1) is 11.6 Å². The first kappa shape index (κ1) is 16.6. The van der Waals surface area contributed by atoms with Crippen molar-refractivity contribution in [2.24, 2.45) is 0 Å². The minimum atomic E-state index is -3.64. The van der Waals surface area contributed by atoms with Gasteiger partial charge in [0.2, 0.25) is 0 Å².